The van der Waals surface area contributed by atoms with Crippen LogP contribution in [0.4, 0.5) is 5.82 Å². The molecule has 2 aliphatic rings. The van der Waals surface area contributed by atoms with E-state index in [0.717, 1.165) is 30.5 Å². The van der Waals surface area contributed by atoms with Crippen molar-refractivity contribution in [1.82, 2.24) is 14.1 Å². The Hall–Kier alpha value is -3.19. The number of aromatic nitrogens is 3. The molecule has 0 spiro atoms. The average Bonchev–Trinajstić information content (AvgIpc) is 3.15. The van der Waals surface area contributed by atoms with Gasteiger partial charge in [-0.3, -0.25) is 14.5 Å². The van der Waals surface area contributed by atoms with Crippen molar-refractivity contribution < 1.29 is 9.90 Å². The summed E-state index contributed by atoms with van der Waals surface area (Å²) >= 11 is 0. The van der Waals surface area contributed by atoms with E-state index in [2.05, 4.69) is 9.55 Å². The number of anilines is 1. The van der Waals surface area contributed by atoms with E-state index in [-0.39, 0.29) is 18.1 Å². The predicted octanol–water partition coefficient (Wildman–Crippen LogP) is 2.28. The molecule has 0 saturated heterocycles. The molecule has 0 unspecified atom stereocenters. The van der Waals surface area contributed by atoms with E-state index in [1.807, 2.05) is 12.1 Å². The summed E-state index contributed by atoms with van der Waals surface area (Å²) in [6, 6.07) is 7.08. The summed E-state index contributed by atoms with van der Waals surface area (Å²) in [5.74, 6) is 0.412. The number of nitrogens with zero attached hydrogens (tertiary/aromatic N) is 4. The van der Waals surface area contributed by atoms with Crippen LogP contribution in [0.25, 0.3) is 11.1 Å². The Balaban J connectivity index is 1.58. The highest BCUT2D eigenvalue weighted by atomic mass is 16.3. The Morgan fingerprint density at radius 1 is 1.10 bits per heavy atom. The van der Waals surface area contributed by atoms with Gasteiger partial charge in [-0.05, 0) is 60.6 Å². The summed E-state index contributed by atoms with van der Waals surface area (Å²) in [6.45, 7) is 0.999. The van der Waals surface area contributed by atoms with Gasteiger partial charge in [0.1, 0.15) is 11.5 Å². The van der Waals surface area contributed by atoms with Gasteiger partial charge in [-0.2, -0.15) is 0 Å². The molecule has 4 heterocycles. The van der Waals surface area contributed by atoms with Crippen LogP contribution in [0.2, 0.25) is 0 Å². The Morgan fingerprint density at radius 3 is 2.73 bits per heavy atom. The molecule has 0 saturated carbocycles. The largest absolute Gasteiger partial charge is 0.392 e. The summed E-state index contributed by atoms with van der Waals surface area (Å²) in [5, 5.41) is 10.2. The topological polar surface area (TPSA) is 80.4 Å². The number of amides is 1. The molecular formula is C23H24N4O3. The first kappa shape index (κ1) is 18.8. The normalized spacial score (nSPS) is 15.8. The fourth-order valence-corrected chi connectivity index (χ4v) is 4.73. The lowest BCUT2D eigenvalue weighted by Crippen LogP contribution is -2.41. The van der Waals surface area contributed by atoms with E-state index in [4.69, 9.17) is 0 Å². The number of aryl methyl sites for hydroxylation is 2. The van der Waals surface area contributed by atoms with Crippen molar-refractivity contribution in [1.29, 1.82) is 0 Å². The van der Waals surface area contributed by atoms with Crippen molar-refractivity contribution in [3.8, 4) is 11.1 Å². The monoisotopic (exact) mass is 404 g/mol. The fraction of sp³-hybridized carbons (Fsp3) is 0.348. The van der Waals surface area contributed by atoms with E-state index >= 15 is 0 Å². The molecule has 3 aromatic heterocycles. The highest BCUT2D eigenvalue weighted by molar-refractivity contribution is 6.06. The molecule has 7 heteroatoms. The van der Waals surface area contributed by atoms with Crippen LogP contribution < -0.4 is 10.5 Å². The van der Waals surface area contributed by atoms with Crippen molar-refractivity contribution >= 4 is 11.7 Å². The molecule has 0 aromatic carbocycles. The molecule has 3 aromatic rings. The summed E-state index contributed by atoms with van der Waals surface area (Å²) in [7, 11) is 1.69. The molecule has 1 amide bonds. The summed E-state index contributed by atoms with van der Waals surface area (Å²) in [6.07, 6.45) is 7.80. The fourth-order valence-electron chi connectivity index (χ4n) is 4.73. The Kier molecular flexibility index (Phi) is 4.55. The zero-order valence-corrected chi connectivity index (χ0v) is 17.0. The minimum Gasteiger partial charge on any atom is -0.392 e. The SMILES string of the molecule is Cn1cc(-c2ccnc(N3CCn4c(cc5c4CCCC5)C3=O)c2CO)ccc1=O. The molecule has 5 rings (SSSR count). The number of aliphatic hydroxyl groups excluding tert-OH is 1. The molecule has 30 heavy (non-hydrogen) atoms. The zero-order chi connectivity index (χ0) is 20.8. The minimum atomic E-state index is -0.247. The van der Waals surface area contributed by atoms with Gasteiger partial charge in [0.05, 0.1) is 6.61 Å². The molecule has 0 atom stereocenters. The maximum absolute atomic E-state index is 13.4. The quantitative estimate of drug-likeness (QED) is 0.726. The third kappa shape index (κ3) is 2.89. The second-order valence-electron chi connectivity index (χ2n) is 8.00. The number of hydrogen-bond acceptors (Lipinski definition) is 4. The smallest absolute Gasteiger partial charge is 0.276 e. The Bertz CT molecular complexity index is 1210. The Labute approximate surface area is 174 Å². The van der Waals surface area contributed by atoms with Gasteiger partial charge in [0.25, 0.3) is 5.91 Å². The molecule has 0 radical (unpaired) electrons. The number of rotatable bonds is 3. The van der Waals surface area contributed by atoms with E-state index < -0.39 is 0 Å². The molecule has 154 valence electrons. The molecule has 0 fully saturated rings. The van der Waals surface area contributed by atoms with Gasteiger partial charge in [0.15, 0.2) is 0 Å². The molecule has 7 nitrogen and oxygen atoms in total. The molecule has 1 aliphatic carbocycles. The van der Waals surface area contributed by atoms with Crippen LogP contribution in [0.3, 0.4) is 0 Å². The van der Waals surface area contributed by atoms with E-state index in [9.17, 15) is 14.7 Å². The van der Waals surface area contributed by atoms with Gasteiger partial charge in [-0.25, -0.2) is 4.98 Å². The zero-order valence-electron chi connectivity index (χ0n) is 17.0. The van der Waals surface area contributed by atoms with Crippen molar-refractivity contribution in [2.75, 3.05) is 11.4 Å². The van der Waals surface area contributed by atoms with Crippen LogP contribution in [0.15, 0.2) is 41.5 Å². The van der Waals surface area contributed by atoms with Crippen molar-refractivity contribution in [3.63, 3.8) is 0 Å². The summed E-state index contributed by atoms with van der Waals surface area (Å²) in [4.78, 5) is 31.3. The summed E-state index contributed by atoms with van der Waals surface area (Å²) in [5.41, 5.74) is 5.37. The number of hydrogen-bond donors (Lipinski definition) is 1. The van der Waals surface area contributed by atoms with Crippen molar-refractivity contribution in [3.05, 3.63) is 69.5 Å². The van der Waals surface area contributed by atoms with Gasteiger partial charge in [-0.1, -0.05) is 0 Å². The van der Waals surface area contributed by atoms with Gasteiger partial charge >= 0.3 is 0 Å². The van der Waals surface area contributed by atoms with Crippen molar-refractivity contribution in [2.24, 2.45) is 7.05 Å². The first-order valence-corrected chi connectivity index (χ1v) is 10.4. The van der Waals surface area contributed by atoms with Gasteiger partial charge in [0, 0.05) is 49.9 Å². The molecule has 0 bridgehead atoms. The first-order chi connectivity index (χ1) is 14.6. The van der Waals surface area contributed by atoms with E-state index in [0.29, 0.717) is 23.6 Å². The van der Waals surface area contributed by atoms with Gasteiger partial charge in [-0.15, -0.1) is 0 Å². The van der Waals surface area contributed by atoms with Gasteiger partial charge < -0.3 is 14.2 Å². The number of pyridine rings is 2. The maximum Gasteiger partial charge on any atom is 0.276 e. The number of fused-ring (bicyclic) bond motifs is 3. The first-order valence-electron chi connectivity index (χ1n) is 10.4. The molecule has 1 aliphatic heterocycles. The molecule has 1 N–H and O–H groups in total. The van der Waals surface area contributed by atoms with Crippen LogP contribution >= 0.6 is 0 Å². The lowest BCUT2D eigenvalue weighted by atomic mass is 9.98. The van der Waals surface area contributed by atoms with E-state index in [1.54, 1.807) is 30.4 Å². The predicted molar refractivity (Wildman–Crippen MR) is 114 cm³/mol. The highest BCUT2D eigenvalue weighted by Crippen LogP contribution is 2.33. The maximum atomic E-state index is 13.4. The number of carbonyl (C=O) groups is 1. The van der Waals surface area contributed by atoms with E-state index in [1.165, 1.54) is 34.7 Å². The van der Waals surface area contributed by atoms with Crippen LogP contribution in [0.1, 0.15) is 40.2 Å². The minimum absolute atomic E-state index is 0.0736. The average molecular weight is 404 g/mol. The van der Waals surface area contributed by atoms with Gasteiger partial charge in [0.2, 0.25) is 5.56 Å². The van der Waals surface area contributed by atoms with Crippen LogP contribution in [-0.4, -0.2) is 31.7 Å². The second-order valence-corrected chi connectivity index (χ2v) is 8.00. The lowest BCUT2D eigenvalue weighted by Gasteiger charge is -2.30. The number of carbonyl (C=O) groups excluding carboxylic acids is 1. The lowest BCUT2D eigenvalue weighted by molar-refractivity contribution is 0.0963. The highest BCUT2D eigenvalue weighted by Gasteiger charge is 2.32. The van der Waals surface area contributed by atoms with Crippen molar-refractivity contribution in [2.45, 2.75) is 38.8 Å². The second kappa shape index (κ2) is 7.25. The third-order valence-electron chi connectivity index (χ3n) is 6.26. The van der Waals surface area contributed by atoms with Crippen LogP contribution in [0, 0.1) is 0 Å². The third-order valence-corrected chi connectivity index (χ3v) is 6.26. The summed E-state index contributed by atoms with van der Waals surface area (Å²) < 4.78 is 3.67. The van der Waals surface area contributed by atoms with Crippen LogP contribution in [-0.2, 0) is 33.0 Å². The standard InChI is InChI=1S/C23H24N4O3/c1-25-13-16(6-7-21(25)29)17-8-9-24-22(18(17)14-28)27-11-10-26-19-5-3-2-4-15(19)12-20(26)23(27)30/h6-9,12-13,28H,2-5,10-11,14H2,1H3. The number of aliphatic hydroxyl groups is 1. The Morgan fingerprint density at radius 2 is 1.93 bits per heavy atom. The van der Waals surface area contributed by atoms with Crippen LogP contribution in [0.5, 0.6) is 0 Å². The molecular weight excluding hydrogens is 380 g/mol.